The highest BCUT2D eigenvalue weighted by molar-refractivity contribution is 5.20. The Hall–Kier alpha value is -0.800. The molecule has 0 amide bonds. The van der Waals surface area contributed by atoms with Gasteiger partial charge in [0.25, 0.3) is 0 Å². The van der Waals surface area contributed by atoms with Crippen molar-refractivity contribution >= 4 is 0 Å². The molecule has 1 aromatic rings. The maximum Gasteiger partial charge on any atom is 0.120 e. The fraction of sp³-hybridized carbons (Fsp3) is 0.765. The highest BCUT2D eigenvalue weighted by Crippen LogP contribution is 2.25. The summed E-state index contributed by atoms with van der Waals surface area (Å²) in [7, 11) is 2.18. The van der Waals surface area contributed by atoms with Crippen LogP contribution in [0.1, 0.15) is 57.6 Å². The summed E-state index contributed by atoms with van der Waals surface area (Å²) in [5.41, 5.74) is 1.55. The smallest absolute Gasteiger partial charge is 0.120 e. The van der Waals surface area contributed by atoms with Gasteiger partial charge in [-0.05, 0) is 50.8 Å². The molecular weight excluding hydrogens is 248 g/mol. The molecule has 1 aliphatic carbocycles. The molecule has 0 aromatic carbocycles. The minimum Gasteiger partial charge on any atom is -0.463 e. The molecule has 0 aliphatic heterocycles. The third-order valence-corrected chi connectivity index (χ3v) is 4.52. The van der Waals surface area contributed by atoms with Gasteiger partial charge in [0.1, 0.15) is 11.5 Å². The highest BCUT2D eigenvalue weighted by atomic mass is 16.3. The third kappa shape index (κ3) is 4.10. The van der Waals surface area contributed by atoms with Gasteiger partial charge in [0, 0.05) is 12.1 Å². The van der Waals surface area contributed by atoms with Crippen molar-refractivity contribution in [3.05, 3.63) is 23.2 Å². The zero-order valence-corrected chi connectivity index (χ0v) is 13.9. The number of nitrogens with zero attached hydrogens (tertiary/aromatic N) is 1. The Bertz CT molecular complexity index is 440. The minimum atomic E-state index is 0.284. The fourth-order valence-corrected chi connectivity index (χ4v) is 2.41. The Morgan fingerprint density at radius 1 is 1.40 bits per heavy atom. The standard InChI is InChI=1S/C17H30N2O/c1-12-9-15(11-19(6)13(2)17(3,4)5)20-16(12)10-18-14-7-8-14/h9,13-14,18H,7-8,10-11H2,1-6H3. The van der Waals surface area contributed by atoms with E-state index in [4.69, 9.17) is 4.42 Å². The van der Waals surface area contributed by atoms with E-state index in [2.05, 4.69) is 57.9 Å². The molecule has 114 valence electrons. The molecule has 1 aromatic heterocycles. The lowest BCUT2D eigenvalue weighted by molar-refractivity contribution is 0.126. The molecule has 1 atom stereocenters. The van der Waals surface area contributed by atoms with Gasteiger partial charge in [-0.2, -0.15) is 0 Å². The molecule has 1 saturated carbocycles. The molecule has 3 heteroatoms. The van der Waals surface area contributed by atoms with Crippen LogP contribution in [0.3, 0.4) is 0 Å². The van der Waals surface area contributed by atoms with Crippen LogP contribution in [0.2, 0.25) is 0 Å². The lowest BCUT2D eigenvalue weighted by Crippen LogP contribution is -2.38. The molecule has 20 heavy (non-hydrogen) atoms. The summed E-state index contributed by atoms with van der Waals surface area (Å²) in [6, 6.07) is 3.43. The Morgan fingerprint density at radius 2 is 2.05 bits per heavy atom. The zero-order valence-electron chi connectivity index (χ0n) is 13.9. The van der Waals surface area contributed by atoms with Crippen molar-refractivity contribution in [2.24, 2.45) is 5.41 Å². The largest absolute Gasteiger partial charge is 0.463 e. The summed E-state index contributed by atoms with van der Waals surface area (Å²) in [5, 5.41) is 3.52. The Balaban J connectivity index is 1.93. The molecule has 1 unspecified atom stereocenters. The van der Waals surface area contributed by atoms with E-state index < -0.39 is 0 Å². The van der Waals surface area contributed by atoms with Crippen LogP contribution in [0.25, 0.3) is 0 Å². The second-order valence-electron chi connectivity index (χ2n) is 7.43. The Kier molecular flexibility index (Phi) is 4.60. The average Bonchev–Trinajstić information content (AvgIpc) is 3.10. The van der Waals surface area contributed by atoms with Crippen LogP contribution < -0.4 is 5.32 Å². The monoisotopic (exact) mass is 278 g/mol. The van der Waals surface area contributed by atoms with Gasteiger partial charge in [-0.15, -0.1) is 0 Å². The van der Waals surface area contributed by atoms with Crippen LogP contribution in [-0.2, 0) is 13.1 Å². The second-order valence-corrected chi connectivity index (χ2v) is 7.43. The van der Waals surface area contributed by atoms with Crippen molar-refractivity contribution in [2.75, 3.05) is 7.05 Å². The van der Waals surface area contributed by atoms with E-state index in [0.29, 0.717) is 6.04 Å². The van der Waals surface area contributed by atoms with E-state index in [0.717, 1.165) is 30.7 Å². The van der Waals surface area contributed by atoms with E-state index in [-0.39, 0.29) is 5.41 Å². The second kappa shape index (κ2) is 5.90. The first-order valence-electron chi connectivity index (χ1n) is 7.79. The highest BCUT2D eigenvalue weighted by Gasteiger charge is 2.25. The van der Waals surface area contributed by atoms with Crippen molar-refractivity contribution in [1.82, 2.24) is 10.2 Å². The van der Waals surface area contributed by atoms with Crippen molar-refractivity contribution in [3.63, 3.8) is 0 Å². The summed E-state index contributed by atoms with van der Waals surface area (Å²) in [6.07, 6.45) is 2.64. The fourth-order valence-electron chi connectivity index (χ4n) is 2.41. The first-order valence-corrected chi connectivity index (χ1v) is 7.79. The number of aryl methyl sites for hydroxylation is 1. The van der Waals surface area contributed by atoms with Gasteiger partial charge < -0.3 is 9.73 Å². The first-order chi connectivity index (χ1) is 9.27. The minimum absolute atomic E-state index is 0.284. The van der Waals surface area contributed by atoms with E-state index in [1.165, 1.54) is 18.4 Å². The van der Waals surface area contributed by atoms with Gasteiger partial charge in [-0.3, -0.25) is 4.90 Å². The molecule has 1 N–H and O–H groups in total. The molecular formula is C17H30N2O. The quantitative estimate of drug-likeness (QED) is 0.860. The van der Waals surface area contributed by atoms with Gasteiger partial charge >= 0.3 is 0 Å². The maximum absolute atomic E-state index is 6.02. The van der Waals surface area contributed by atoms with Crippen molar-refractivity contribution in [2.45, 2.75) is 72.6 Å². The average molecular weight is 278 g/mol. The SMILES string of the molecule is Cc1cc(CN(C)C(C)C(C)(C)C)oc1CNC1CC1. The normalized spacial score (nSPS) is 17.8. The predicted molar refractivity (Wildman–Crippen MR) is 83.7 cm³/mol. The lowest BCUT2D eigenvalue weighted by Gasteiger charge is -2.34. The summed E-state index contributed by atoms with van der Waals surface area (Å²) in [5.74, 6) is 2.18. The van der Waals surface area contributed by atoms with E-state index >= 15 is 0 Å². The lowest BCUT2D eigenvalue weighted by atomic mass is 9.87. The predicted octanol–water partition coefficient (Wildman–Crippen LogP) is 3.71. The molecule has 3 nitrogen and oxygen atoms in total. The number of furan rings is 1. The molecule has 1 fully saturated rings. The van der Waals surface area contributed by atoms with E-state index in [1.807, 2.05) is 0 Å². The molecule has 2 rings (SSSR count). The third-order valence-electron chi connectivity index (χ3n) is 4.52. The van der Waals surface area contributed by atoms with Crippen molar-refractivity contribution < 1.29 is 4.42 Å². The number of rotatable bonds is 6. The molecule has 0 spiro atoms. The summed E-state index contributed by atoms with van der Waals surface area (Å²) in [6.45, 7) is 13.0. The van der Waals surface area contributed by atoms with E-state index in [9.17, 15) is 0 Å². The number of hydrogen-bond acceptors (Lipinski definition) is 3. The van der Waals surface area contributed by atoms with Crippen molar-refractivity contribution in [1.29, 1.82) is 0 Å². The molecule has 0 radical (unpaired) electrons. The number of hydrogen-bond donors (Lipinski definition) is 1. The van der Waals surface area contributed by atoms with Crippen LogP contribution in [0.5, 0.6) is 0 Å². The van der Waals surface area contributed by atoms with Crippen LogP contribution >= 0.6 is 0 Å². The van der Waals surface area contributed by atoms with Crippen LogP contribution in [0.4, 0.5) is 0 Å². The number of nitrogens with one attached hydrogen (secondary N) is 1. The van der Waals surface area contributed by atoms with Gasteiger partial charge in [0.2, 0.25) is 0 Å². The van der Waals surface area contributed by atoms with Crippen LogP contribution in [0.15, 0.2) is 10.5 Å². The zero-order chi connectivity index (χ0) is 14.9. The molecule has 1 heterocycles. The summed E-state index contributed by atoms with van der Waals surface area (Å²) < 4.78 is 6.02. The van der Waals surface area contributed by atoms with Gasteiger partial charge in [0.05, 0.1) is 13.1 Å². The van der Waals surface area contributed by atoms with E-state index in [1.54, 1.807) is 0 Å². The molecule has 0 bridgehead atoms. The maximum atomic E-state index is 6.02. The Morgan fingerprint density at radius 3 is 2.60 bits per heavy atom. The summed E-state index contributed by atoms with van der Waals surface area (Å²) >= 11 is 0. The van der Waals surface area contributed by atoms with Gasteiger partial charge in [-0.1, -0.05) is 20.8 Å². The molecule has 1 aliphatic rings. The molecule has 0 saturated heterocycles. The van der Waals surface area contributed by atoms with Gasteiger partial charge in [0.15, 0.2) is 0 Å². The Labute approximate surface area is 123 Å². The van der Waals surface area contributed by atoms with Gasteiger partial charge in [-0.25, -0.2) is 0 Å². The topological polar surface area (TPSA) is 28.4 Å². The van der Waals surface area contributed by atoms with Crippen molar-refractivity contribution in [3.8, 4) is 0 Å². The van der Waals surface area contributed by atoms with Crippen LogP contribution in [0, 0.1) is 12.3 Å². The summed E-state index contributed by atoms with van der Waals surface area (Å²) in [4.78, 5) is 2.37. The first kappa shape index (κ1) is 15.6. The van der Waals surface area contributed by atoms with Crippen LogP contribution in [-0.4, -0.2) is 24.0 Å².